The Bertz CT molecular complexity index is 175. The van der Waals surface area contributed by atoms with Crippen molar-refractivity contribution in [2.24, 2.45) is 5.41 Å². The maximum Gasteiger partial charge on any atom is 0.0194 e. The van der Waals surface area contributed by atoms with Crippen molar-refractivity contribution in [2.45, 2.75) is 74.6 Å². The molecule has 82 valence electrons. The predicted octanol–water partition coefficient (Wildman–Crippen LogP) is 5.09. The second-order valence-corrected chi connectivity index (χ2v) is 8.43. The summed E-state index contributed by atoms with van der Waals surface area (Å²) in [4.78, 5) is 0. The van der Waals surface area contributed by atoms with Crippen LogP contribution in [0, 0.1) is 5.41 Å². The smallest absolute Gasteiger partial charge is 0.0194 e. The van der Waals surface area contributed by atoms with E-state index in [1.165, 1.54) is 51.4 Å². The third kappa shape index (κ3) is 2.65. The molecule has 0 saturated heterocycles. The minimum Gasteiger partial charge on any atom is -0.0792 e. The van der Waals surface area contributed by atoms with Gasteiger partial charge in [-0.3, -0.25) is 0 Å². The van der Waals surface area contributed by atoms with Crippen LogP contribution in [0.25, 0.3) is 0 Å². The summed E-state index contributed by atoms with van der Waals surface area (Å²) in [6, 6.07) is 0. The fourth-order valence-electron chi connectivity index (χ4n) is 3.28. The maximum atomic E-state index is 2.68. The lowest BCUT2D eigenvalue weighted by Crippen LogP contribution is -2.32. The van der Waals surface area contributed by atoms with Gasteiger partial charge >= 0.3 is 0 Å². The van der Waals surface area contributed by atoms with Crippen molar-refractivity contribution < 1.29 is 0 Å². The summed E-state index contributed by atoms with van der Waals surface area (Å²) < 4.78 is 0.620. The van der Waals surface area contributed by atoms with Gasteiger partial charge in [0.2, 0.25) is 0 Å². The van der Waals surface area contributed by atoms with Gasteiger partial charge in [-0.05, 0) is 43.9 Å². The van der Waals surface area contributed by atoms with Crippen LogP contribution in [-0.4, -0.2) is 3.42 Å². The van der Waals surface area contributed by atoms with Gasteiger partial charge in [0.15, 0.2) is 0 Å². The molecule has 0 aromatic rings. The third-order valence-corrected chi connectivity index (χ3v) is 5.60. The number of hydrogen-bond donors (Lipinski definition) is 0. The number of hydrogen-bond acceptors (Lipinski definition) is 0. The molecule has 2 aliphatic rings. The largest absolute Gasteiger partial charge is 0.0792 e. The summed E-state index contributed by atoms with van der Waals surface area (Å²) in [5.74, 6) is 0. The SMILES string of the molecule is CC1(I)CCC2(CCCCCC2)CC1. The van der Waals surface area contributed by atoms with Crippen LogP contribution in [0.2, 0.25) is 0 Å². The highest BCUT2D eigenvalue weighted by Gasteiger charge is 2.38. The Morgan fingerprint density at radius 2 is 1.21 bits per heavy atom. The Balaban J connectivity index is 1.96. The van der Waals surface area contributed by atoms with E-state index >= 15 is 0 Å². The summed E-state index contributed by atoms with van der Waals surface area (Å²) in [7, 11) is 0. The number of alkyl halides is 1. The monoisotopic (exact) mass is 306 g/mol. The molecule has 2 saturated carbocycles. The topological polar surface area (TPSA) is 0 Å². The van der Waals surface area contributed by atoms with Gasteiger partial charge in [-0.1, -0.05) is 55.2 Å². The van der Waals surface area contributed by atoms with Gasteiger partial charge in [0.05, 0.1) is 0 Å². The van der Waals surface area contributed by atoms with E-state index in [4.69, 9.17) is 0 Å². The molecule has 2 rings (SSSR count). The zero-order valence-corrected chi connectivity index (χ0v) is 11.6. The molecular formula is C13H23I. The Kier molecular flexibility index (Phi) is 3.45. The van der Waals surface area contributed by atoms with Crippen LogP contribution in [0.3, 0.4) is 0 Å². The molecule has 0 amide bonds. The van der Waals surface area contributed by atoms with Gasteiger partial charge in [0, 0.05) is 3.42 Å². The molecule has 0 unspecified atom stereocenters. The van der Waals surface area contributed by atoms with Crippen molar-refractivity contribution in [3.63, 3.8) is 0 Å². The fraction of sp³-hybridized carbons (Fsp3) is 1.00. The average molecular weight is 306 g/mol. The molecule has 1 spiro atoms. The molecule has 0 atom stereocenters. The van der Waals surface area contributed by atoms with E-state index < -0.39 is 0 Å². The lowest BCUT2D eigenvalue weighted by atomic mass is 9.67. The Morgan fingerprint density at radius 3 is 1.71 bits per heavy atom. The highest BCUT2D eigenvalue weighted by molar-refractivity contribution is 14.1. The highest BCUT2D eigenvalue weighted by atomic mass is 127. The molecule has 1 heteroatoms. The summed E-state index contributed by atoms with van der Waals surface area (Å²) in [6.07, 6.45) is 15.1. The first-order valence-corrected chi connectivity index (χ1v) is 7.39. The lowest BCUT2D eigenvalue weighted by Gasteiger charge is -2.42. The van der Waals surface area contributed by atoms with E-state index in [9.17, 15) is 0 Å². The maximum absolute atomic E-state index is 2.68. The number of halogens is 1. The van der Waals surface area contributed by atoms with Gasteiger partial charge in [0.1, 0.15) is 0 Å². The van der Waals surface area contributed by atoms with Crippen LogP contribution in [0.15, 0.2) is 0 Å². The van der Waals surface area contributed by atoms with Crippen LogP contribution < -0.4 is 0 Å². The van der Waals surface area contributed by atoms with Crippen molar-refractivity contribution in [3.05, 3.63) is 0 Å². The van der Waals surface area contributed by atoms with E-state index in [-0.39, 0.29) is 0 Å². The normalized spacial score (nSPS) is 31.3. The van der Waals surface area contributed by atoms with E-state index in [2.05, 4.69) is 29.5 Å². The first kappa shape index (κ1) is 11.2. The minimum atomic E-state index is 0.620. The Hall–Kier alpha value is 0.730. The van der Waals surface area contributed by atoms with Gasteiger partial charge in [-0.25, -0.2) is 0 Å². The van der Waals surface area contributed by atoms with Crippen molar-refractivity contribution in [3.8, 4) is 0 Å². The second kappa shape index (κ2) is 4.31. The first-order chi connectivity index (χ1) is 6.62. The zero-order valence-electron chi connectivity index (χ0n) is 9.45. The van der Waals surface area contributed by atoms with Gasteiger partial charge in [-0.2, -0.15) is 0 Å². The van der Waals surface area contributed by atoms with Crippen molar-refractivity contribution in [2.75, 3.05) is 0 Å². The van der Waals surface area contributed by atoms with Crippen molar-refractivity contribution >= 4 is 22.6 Å². The average Bonchev–Trinajstić information content (AvgIpc) is 2.37. The molecule has 0 N–H and O–H groups in total. The Labute approximate surface area is 102 Å². The van der Waals surface area contributed by atoms with Gasteiger partial charge < -0.3 is 0 Å². The van der Waals surface area contributed by atoms with E-state index in [1.807, 2.05) is 0 Å². The highest BCUT2D eigenvalue weighted by Crippen LogP contribution is 2.51. The second-order valence-electron chi connectivity index (χ2n) is 5.83. The van der Waals surface area contributed by atoms with Crippen LogP contribution in [-0.2, 0) is 0 Å². The first-order valence-electron chi connectivity index (χ1n) is 6.31. The molecule has 2 fully saturated rings. The zero-order chi connectivity index (χ0) is 10.1. The summed E-state index contributed by atoms with van der Waals surface area (Å²) in [6.45, 7) is 2.44. The quantitative estimate of drug-likeness (QED) is 0.432. The summed E-state index contributed by atoms with van der Waals surface area (Å²) in [5, 5.41) is 0. The summed E-state index contributed by atoms with van der Waals surface area (Å²) in [5.41, 5.74) is 0.793. The molecule has 14 heavy (non-hydrogen) atoms. The van der Waals surface area contributed by atoms with Gasteiger partial charge in [-0.15, -0.1) is 0 Å². The van der Waals surface area contributed by atoms with Crippen LogP contribution in [0.5, 0.6) is 0 Å². The lowest BCUT2D eigenvalue weighted by molar-refractivity contribution is 0.148. The molecular weight excluding hydrogens is 283 g/mol. The molecule has 2 aliphatic carbocycles. The molecule has 0 radical (unpaired) electrons. The molecule has 0 aliphatic heterocycles. The fourth-order valence-corrected chi connectivity index (χ4v) is 3.82. The summed E-state index contributed by atoms with van der Waals surface area (Å²) >= 11 is 2.68. The van der Waals surface area contributed by atoms with E-state index in [0.717, 1.165) is 5.41 Å². The number of rotatable bonds is 0. The molecule has 0 aromatic heterocycles. The standard InChI is InChI=1S/C13H23I/c1-12(14)8-10-13(11-9-12)6-4-2-3-5-7-13/h2-11H2,1H3. The van der Waals surface area contributed by atoms with Crippen LogP contribution in [0.4, 0.5) is 0 Å². The van der Waals surface area contributed by atoms with Crippen LogP contribution >= 0.6 is 22.6 Å². The predicted molar refractivity (Wildman–Crippen MR) is 71.0 cm³/mol. The Morgan fingerprint density at radius 1 is 0.714 bits per heavy atom. The minimum absolute atomic E-state index is 0.620. The third-order valence-electron chi connectivity index (χ3n) is 4.52. The van der Waals surface area contributed by atoms with Crippen LogP contribution in [0.1, 0.15) is 71.1 Å². The molecule has 0 aromatic carbocycles. The van der Waals surface area contributed by atoms with Crippen molar-refractivity contribution in [1.29, 1.82) is 0 Å². The molecule has 0 heterocycles. The van der Waals surface area contributed by atoms with E-state index in [0.29, 0.717) is 3.42 Å². The molecule has 0 nitrogen and oxygen atoms in total. The van der Waals surface area contributed by atoms with E-state index in [1.54, 1.807) is 12.8 Å². The molecule has 0 bridgehead atoms. The van der Waals surface area contributed by atoms with Gasteiger partial charge in [0.25, 0.3) is 0 Å². The van der Waals surface area contributed by atoms with Crippen molar-refractivity contribution in [1.82, 2.24) is 0 Å².